The maximum atomic E-state index is 8.09. The van der Waals surface area contributed by atoms with Gasteiger partial charge >= 0.3 is 0 Å². The molecular weight excluding hydrogens is 129 g/mol. The number of hydrogen-bond acceptors (Lipinski definition) is 3. The second-order valence-electron chi connectivity index (χ2n) is 1.26. The molecule has 1 radical (unpaired) electrons. The van der Waals surface area contributed by atoms with E-state index in [1.165, 1.54) is 14.2 Å². The average molecular weight is 138 g/mol. The molecule has 0 atom stereocenters. The summed E-state index contributed by atoms with van der Waals surface area (Å²) in [5.41, 5.74) is 0. The minimum absolute atomic E-state index is 0. The van der Waals surface area contributed by atoms with Crippen LogP contribution in [0.1, 0.15) is 6.42 Å². The van der Waals surface area contributed by atoms with Crippen LogP contribution < -0.4 is 0 Å². The number of ether oxygens (including phenoxy) is 2. The maximum Gasteiger partial charge on any atom is 0.169 e. The largest absolute Gasteiger partial charge is 0.355 e. The van der Waals surface area contributed by atoms with E-state index in [-0.39, 0.29) is 42.3 Å². The van der Waals surface area contributed by atoms with Crippen molar-refractivity contribution in [2.45, 2.75) is 12.7 Å². The second kappa shape index (κ2) is 8.41. The van der Waals surface area contributed by atoms with E-state index >= 15 is 0 Å². The van der Waals surface area contributed by atoms with E-state index in [0.717, 1.165) is 0 Å². The fourth-order valence-corrected chi connectivity index (χ4v) is 0.337. The van der Waals surface area contributed by atoms with Gasteiger partial charge in [-0.1, -0.05) is 0 Å². The quantitative estimate of drug-likeness (QED) is 0.411. The van der Waals surface area contributed by atoms with Crippen LogP contribution in [0.5, 0.6) is 0 Å². The Kier molecular flexibility index (Phi) is 11.3. The van der Waals surface area contributed by atoms with E-state index < -0.39 is 0 Å². The van der Waals surface area contributed by atoms with E-state index in [9.17, 15) is 0 Å². The van der Waals surface area contributed by atoms with Gasteiger partial charge in [0.1, 0.15) is 0 Å². The summed E-state index contributed by atoms with van der Waals surface area (Å²) in [5.74, 6) is 0. The SMILES string of the molecule is COC(CC#N)OC.[Na]. The van der Waals surface area contributed by atoms with Gasteiger partial charge in [-0.3, -0.25) is 0 Å². The van der Waals surface area contributed by atoms with Crippen LogP contribution in [0.4, 0.5) is 0 Å². The van der Waals surface area contributed by atoms with Crippen molar-refractivity contribution in [3.05, 3.63) is 0 Å². The van der Waals surface area contributed by atoms with E-state index in [0.29, 0.717) is 0 Å². The smallest absolute Gasteiger partial charge is 0.169 e. The van der Waals surface area contributed by atoms with Crippen molar-refractivity contribution in [3.8, 4) is 6.07 Å². The monoisotopic (exact) mass is 138 g/mol. The number of methoxy groups -OCH3 is 2. The van der Waals surface area contributed by atoms with Crippen molar-refractivity contribution in [2.75, 3.05) is 14.2 Å². The zero-order valence-electron chi connectivity index (χ0n) is 6.05. The molecule has 0 rings (SSSR count). The van der Waals surface area contributed by atoms with Crippen molar-refractivity contribution < 1.29 is 9.47 Å². The van der Waals surface area contributed by atoms with Gasteiger partial charge in [-0.05, 0) is 0 Å². The van der Waals surface area contributed by atoms with Crippen molar-refractivity contribution in [1.82, 2.24) is 0 Å². The third-order valence-electron chi connectivity index (χ3n) is 0.784. The topological polar surface area (TPSA) is 42.2 Å². The molecule has 9 heavy (non-hydrogen) atoms. The molecule has 0 aliphatic heterocycles. The molecule has 0 spiro atoms. The van der Waals surface area contributed by atoms with Crippen molar-refractivity contribution >= 4 is 29.6 Å². The third-order valence-corrected chi connectivity index (χ3v) is 0.784. The Morgan fingerprint density at radius 3 is 2.00 bits per heavy atom. The van der Waals surface area contributed by atoms with Crippen LogP contribution in [0.15, 0.2) is 0 Å². The van der Waals surface area contributed by atoms with Gasteiger partial charge in [0.2, 0.25) is 0 Å². The first-order valence-corrected chi connectivity index (χ1v) is 2.27. The molecule has 47 valence electrons. The normalized spacial score (nSPS) is 8.22. The van der Waals surface area contributed by atoms with E-state index in [2.05, 4.69) is 0 Å². The molecule has 0 aromatic rings. The number of rotatable bonds is 3. The fourth-order valence-electron chi connectivity index (χ4n) is 0.337. The molecule has 3 nitrogen and oxygen atoms in total. The second-order valence-corrected chi connectivity index (χ2v) is 1.26. The van der Waals surface area contributed by atoms with Crippen LogP contribution in [0.25, 0.3) is 0 Å². The van der Waals surface area contributed by atoms with Gasteiger partial charge in [0.15, 0.2) is 6.29 Å². The Morgan fingerprint density at radius 2 is 1.89 bits per heavy atom. The van der Waals surface area contributed by atoms with E-state index in [1.54, 1.807) is 0 Å². The van der Waals surface area contributed by atoms with Crippen LogP contribution in [0.2, 0.25) is 0 Å². The average Bonchev–Trinajstić information content (AvgIpc) is 1.83. The molecule has 0 fully saturated rings. The molecule has 0 amide bonds. The first-order chi connectivity index (χ1) is 3.85. The molecule has 0 aliphatic carbocycles. The minimum atomic E-state index is -0.361. The first kappa shape index (κ1) is 12.1. The summed E-state index contributed by atoms with van der Waals surface area (Å²) in [6, 6.07) is 1.92. The molecule has 0 heterocycles. The predicted molar refractivity (Wildman–Crippen MR) is 33.8 cm³/mol. The summed E-state index contributed by atoms with van der Waals surface area (Å²) < 4.78 is 9.39. The number of nitriles is 1. The summed E-state index contributed by atoms with van der Waals surface area (Å²) in [5, 5.41) is 8.09. The molecule has 0 bridgehead atoms. The van der Waals surface area contributed by atoms with E-state index in [1.807, 2.05) is 6.07 Å². The predicted octanol–water partition coefficient (Wildman–Crippen LogP) is 0.138. The summed E-state index contributed by atoms with van der Waals surface area (Å²) in [6.07, 6.45) is -0.0764. The minimum Gasteiger partial charge on any atom is -0.355 e. The summed E-state index contributed by atoms with van der Waals surface area (Å²) in [4.78, 5) is 0. The molecule has 0 unspecified atom stereocenters. The third kappa shape index (κ3) is 6.29. The maximum absolute atomic E-state index is 8.09. The molecule has 0 saturated carbocycles. The van der Waals surface area contributed by atoms with Gasteiger partial charge < -0.3 is 9.47 Å². The fraction of sp³-hybridized carbons (Fsp3) is 0.800. The molecular formula is C5H9NNaO2. The van der Waals surface area contributed by atoms with Gasteiger partial charge in [-0.2, -0.15) is 5.26 Å². The van der Waals surface area contributed by atoms with Crippen molar-refractivity contribution in [2.24, 2.45) is 0 Å². The Bertz CT molecular complexity index is 87.4. The summed E-state index contributed by atoms with van der Waals surface area (Å²) in [6.45, 7) is 0. The molecule has 0 aliphatic rings. The van der Waals surface area contributed by atoms with Crippen LogP contribution >= 0.6 is 0 Å². The zero-order chi connectivity index (χ0) is 6.41. The Labute approximate surface area is 77.2 Å². The van der Waals surface area contributed by atoms with Crippen LogP contribution in [-0.4, -0.2) is 50.1 Å². The van der Waals surface area contributed by atoms with Gasteiger partial charge in [0.25, 0.3) is 0 Å². The molecule has 4 heteroatoms. The number of nitrogens with zero attached hydrogens (tertiary/aromatic N) is 1. The Balaban J connectivity index is 0. The standard InChI is InChI=1S/C5H9NO2.Na/c1-7-5(8-2)3-4-6;/h5H,3H2,1-2H3;. The summed E-state index contributed by atoms with van der Waals surface area (Å²) in [7, 11) is 3.01. The van der Waals surface area contributed by atoms with Crippen LogP contribution in [-0.2, 0) is 9.47 Å². The van der Waals surface area contributed by atoms with Crippen LogP contribution in [0.3, 0.4) is 0 Å². The van der Waals surface area contributed by atoms with Gasteiger partial charge in [0, 0.05) is 43.8 Å². The van der Waals surface area contributed by atoms with Gasteiger partial charge in [-0.25, -0.2) is 0 Å². The van der Waals surface area contributed by atoms with Crippen molar-refractivity contribution in [3.63, 3.8) is 0 Å². The molecule has 0 aromatic carbocycles. The molecule has 0 N–H and O–H groups in total. The Hall–Kier alpha value is 0.410. The zero-order valence-corrected chi connectivity index (χ0v) is 8.05. The molecule has 0 aromatic heterocycles. The number of hydrogen-bond donors (Lipinski definition) is 0. The van der Waals surface area contributed by atoms with Crippen LogP contribution in [0, 0.1) is 11.3 Å². The van der Waals surface area contributed by atoms with E-state index in [4.69, 9.17) is 14.7 Å². The summed E-state index contributed by atoms with van der Waals surface area (Å²) >= 11 is 0. The Morgan fingerprint density at radius 1 is 1.44 bits per heavy atom. The van der Waals surface area contributed by atoms with Crippen molar-refractivity contribution in [1.29, 1.82) is 5.26 Å². The van der Waals surface area contributed by atoms with Gasteiger partial charge in [0.05, 0.1) is 12.5 Å². The first-order valence-electron chi connectivity index (χ1n) is 2.27. The van der Waals surface area contributed by atoms with Gasteiger partial charge in [-0.15, -0.1) is 0 Å². The molecule has 0 saturated heterocycles.